The fourth-order valence-corrected chi connectivity index (χ4v) is 3.40. The molecule has 1 atom stereocenters. The minimum atomic E-state index is -1.04. The summed E-state index contributed by atoms with van der Waals surface area (Å²) in [4.78, 5) is 37.6. The topological polar surface area (TPSA) is 75.7 Å². The number of amides is 3. The van der Waals surface area contributed by atoms with E-state index >= 15 is 0 Å². The quantitative estimate of drug-likeness (QED) is 0.683. The van der Waals surface area contributed by atoms with E-state index in [0.29, 0.717) is 5.56 Å². The van der Waals surface area contributed by atoms with Crippen LogP contribution in [0.3, 0.4) is 0 Å². The van der Waals surface area contributed by atoms with E-state index in [1.54, 1.807) is 31.2 Å². The lowest BCUT2D eigenvalue weighted by Gasteiger charge is -2.20. The fourth-order valence-electron chi connectivity index (χ4n) is 2.63. The Bertz CT molecular complexity index is 785. The fraction of sp³-hybridized carbons (Fsp3) is 0.235. The van der Waals surface area contributed by atoms with Crippen molar-refractivity contribution >= 4 is 29.2 Å². The van der Waals surface area contributed by atoms with Gasteiger partial charge in [0.05, 0.1) is 19.2 Å². The molecule has 0 bridgehead atoms. The second kappa shape index (κ2) is 6.09. The normalized spacial score (nSPS) is 20.2. The average molecular weight is 344 g/mol. The molecule has 0 spiro atoms. The first-order valence-electron chi connectivity index (χ1n) is 7.30. The molecule has 1 saturated heterocycles. The zero-order valence-electron chi connectivity index (χ0n) is 13.2. The van der Waals surface area contributed by atoms with E-state index < -0.39 is 17.5 Å². The number of hydrogen-bond donors (Lipinski definition) is 1. The molecule has 3 rings (SSSR count). The number of imide groups is 1. The third-order valence-corrected chi connectivity index (χ3v) is 4.77. The second-order valence-electron chi connectivity index (χ2n) is 5.65. The Balaban J connectivity index is 1.79. The van der Waals surface area contributed by atoms with Gasteiger partial charge in [0.2, 0.25) is 0 Å². The number of rotatable bonds is 4. The molecular weight excluding hydrogens is 328 g/mol. The number of thiophene rings is 1. The van der Waals surface area contributed by atoms with Gasteiger partial charge in [0.25, 0.3) is 5.91 Å². The van der Waals surface area contributed by atoms with Gasteiger partial charge in [0.1, 0.15) is 5.54 Å². The Labute approximate surface area is 143 Å². The maximum Gasteiger partial charge on any atom is 0.337 e. The molecule has 1 N–H and O–H groups in total. The first-order valence-corrected chi connectivity index (χ1v) is 8.24. The summed E-state index contributed by atoms with van der Waals surface area (Å²) in [6.45, 7) is 1.85. The third-order valence-electron chi connectivity index (χ3n) is 4.09. The number of nitrogens with one attached hydrogen (secondary N) is 1. The molecule has 1 fully saturated rings. The molecule has 0 unspecified atom stereocenters. The van der Waals surface area contributed by atoms with Crippen LogP contribution in [0, 0.1) is 0 Å². The Morgan fingerprint density at radius 3 is 2.54 bits per heavy atom. The summed E-state index contributed by atoms with van der Waals surface area (Å²) in [5, 5.41) is 6.48. The molecule has 0 aliphatic carbocycles. The number of nitrogens with zero attached hydrogens (tertiary/aromatic N) is 1. The largest absolute Gasteiger partial charge is 0.465 e. The molecule has 1 aliphatic rings. The van der Waals surface area contributed by atoms with E-state index in [4.69, 9.17) is 0 Å². The van der Waals surface area contributed by atoms with Crippen molar-refractivity contribution in [2.45, 2.75) is 19.0 Å². The zero-order chi connectivity index (χ0) is 17.3. The first kappa shape index (κ1) is 16.2. The molecule has 6 nitrogen and oxygen atoms in total. The Kier molecular flexibility index (Phi) is 4.11. The highest BCUT2D eigenvalue weighted by atomic mass is 32.1. The van der Waals surface area contributed by atoms with E-state index in [1.807, 2.05) is 16.8 Å². The molecule has 24 heavy (non-hydrogen) atoms. The van der Waals surface area contributed by atoms with E-state index in [-0.39, 0.29) is 12.5 Å². The molecule has 0 radical (unpaired) electrons. The molecule has 2 heterocycles. The number of carbonyl (C=O) groups is 3. The predicted octanol–water partition coefficient (Wildman–Crippen LogP) is 2.50. The molecule has 1 aromatic carbocycles. The van der Waals surface area contributed by atoms with Crippen LogP contribution in [0.2, 0.25) is 0 Å². The van der Waals surface area contributed by atoms with E-state index in [1.165, 1.54) is 23.3 Å². The zero-order valence-corrected chi connectivity index (χ0v) is 14.1. The van der Waals surface area contributed by atoms with Crippen molar-refractivity contribution in [3.63, 3.8) is 0 Å². The van der Waals surface area contributed by atoms with Crippen LogP contribution in [-0.2, 0) is 21.6 Å². The van der Waals surface area contributed by atoms with Gasteiger partial charge >= 0.3 is 12.0 Å². The van der Waals surface area contributed by atoms with Crippen molar-refractivity contribution in [2.24, 2.45) is 0 Å². The van der Waals surface area contributed by atoms with Gasteiger partial charge in [-0.2, -0.15) is 11.3 Å². The van der Waals surface area contributed by atoms with Crippen LogP contribution in [0.15, 0.2) is 41.1 Å². The summed E-state index contributed by atoms with van der Waals surface area (Å²) < 4.78 is 4.65. The Hall–Kier alpha value is -2.67. The summed E-state index contributed by atoms with van der Waals surface area (Å²) >= 11 is 1.47. The number of esters is 1. The van der Waals surface area contributed by atoms with Crippen LogP contribution in [0.25, 0.3) is 0 Å². The summed E-state index contributed by atoms with van der Waals surface area (Å²) in [7, 11) is 1.31. The molecule has 2 aromatic rings. The summed E-state index contributed by atoms with van der Waals surface area (Å²) in [5.74, 6) is -0.718. The van der Waals surface area contributed by atoms with Crippen LogP contribution < -0.4 is 5.32 Å². The standard InChI is InChI=1S/C17H16N2O4S/c1-17(13-7-8-24-10-13)15(21)19(16(22)18-17)9-11-3-5-12(6-4-11)14(20)23-2/h3-8,10H,9H2,1-2H3,(H,18,22)/t17-/m1/s1. The third kappa shape index (κ3) is 2.67. The summed E-state index contributed by atoms with van der Waals surface area (Å²) in [5.41, 5.74) is 0.903. The van der Waals surface area contributed by atoms with Crippen LogP contribution in [0.5, 0.6) is 0 Å². The van der Waals surface area contributed by atoms with Crippen molar-refractivity contribution in [2.75, 3.05) is 7.11 Å². The van der Waals surface area contributed by atoms with E-state index in [2.05, 4.69) is 10.1 Å². The van der Waals surface area contributed by atoms with Crippen molar-refractivity contribution < 1.29 is 19.1 Å². The van der Waals surface area contributed by atoms with Crippen molar-refractivity contribution in [1.29, 1.82) is 0 Å². The van der Waals surface area contributed by atoms with Crippen LogP contribution in [-0.4, -0.2) is 29.9 Å². The van der Waals surface area contributed by atoms with E-state index in [0.717, 1.165) is 11.1 Å². The Morgan fingerprint density at radius 2 is 1.96 bits per heavy atom. The molecule has 124 valence electrons. The molecule has 0 saturated carbocycles. The van der Waals surface area contributed by atoms with Crippen LogP contribution >= 0.6 is 11.3 Å². The van der Waals surface area contributed by atoms with Crippen LogP contribution in [0.4, 0.5) is 4.79 Å². The maximum absolute atomic E-state index is 12.7. The lowest BCUT2D eigenvalue weighted by Crippen LogP contribution is -2.40. The number of carbonyl (C=O) groups excluding carboxylic acids is 3. The first-order chi connectivity index (χ1) is 11.5. The number of benzene rings is 1. The van der Waals surface area contributed by atoms with Crippen molar-refractivity contribution in [3.8, 4) is 0 Å². The average Bonchev–Trinajstić information content (AvgIpc) is 3.19. The number of urea groups is 1. The van der Waals surface area contributed by atoms with Gasteiger partial charge in [-0.05, 0) is 47.0 Å². The van der Waals surface area contributed by atoms with Crippen molar-refractivity contribution in [3.05, 3.63) is 57.8 Å². The highest BCUT2D eigenvalue weighted by molar-refractivity contribution is 7.08. The van der Waals surface area contributed by atoms with Gasteiger partial charge in [-0.3, -0.25) is 9.69 Å². The van der Waals surface area contributed by atoms with Gasteiger partial charge in [-0.15, -0.1) is 0 Å². The summed E-state index contributed by atoms with van der Waals surface area (Å²) in [6.07, 6.45) is 0. The molecular formula is C17H16N2O4S. The lowest BCUT2D eigenvalue weighted by atomic mass is 9.95. The molecule has 7 heteroatoms. The second-order valence-corrected chi connectivity index (χ2v) is 6.43. The summed E-state index contributed by atoms with van der Waals surface area (Å²) in [6, 6.07) is 8.03. The lowest BCUT2D eigenvalue weighted by molar-refractivity contribution is -0.131. The monoisotopic (exact) mass is 344 g/mol. The minimum absolute atomic E-state index is 0.145. The van der Waals surface area contributed by atoms with Gasteiger partial charge in [-0.25, -0.2) is 9.59 Å². The Morgan fingerprint density at radius 1 is 1.25 bits per heavy atom. The SMILES string of the molecule is COC(=O)c1ccc(CN2C(=O)N[C@](C)(c3ccsc3)C2=O)cc1. The van der Waals surface area contributed by atoms with Crippen LogP contribution in [0.1, 0.15) is 28.4 Å². The molecule has 1 aliphatic heterocycles. The number of methoxy groups -OCH3 is 1. The highest BCUT2D eigenvalue weighted by Crippen LogP contribution is 2.31. The van der Waals surface area contributed by atoms with Crippen molar-refractivity contribution in [1.82, 2.24) is 10.2 Å². The minimum Gasteiger partial charge on any atom is -0.465 e. The predicted molar refractivity (Wildman–Crippen MR) is 88.5 cm³/mol. The molecule has 3 amide bonds. The molecule has 1 aromatic heterocycles. The smallest absolute Gasteiger partial charge is 0.337 e. The van der Waals surface area contributed by atoms with Gasteiger partial charge in [0.15, 0.2) is 0 Å². The van der Waals surface area contributed by atoms with E-state index in [9.17, 15) is 14.4 Å². The maximum atomic E-state index is 12.7. The van der Waals surface area contributed by atoms with Gasteiger partial charge in [0, 0.05) is 0 Å². The van der Waals surface area contributed by atoms with Gasteiger partial charge in [-0.1, -0.05) is 12.1 Å². The van der Waals surface area contributed by atoms with Gasteiger partial charge < -0.3 is 10.1 Å². The highest BCUT2D eigenvalue weighted by Gasteiger charge is 2.49. The number of ether oxygens (including phenoxy) is 1. The number of hydrogen-bond acceptors (Lipinski definition) is 5.